The Bertz CT molecular complexity index is 863. The molecule has 3 aromatic heterocycles. The summed E-state index contributed by atoms with van der Waals surface area (Å²) in [7, 11) is 1.98. The topological polar surface area (TPSA) is 73.8 Å². The van der Waals surface area contributed by atoms with Crippen LogP contribution in [0.15, 0.2) is 18.0 Å². The SMILES string of the molecule is Cc1ncsc1CN1C[C@@H](F)C[C@H]1CN(C)c1ncnc2[nH]ncc12. The van der Waals surface area contributed by atoms with Crippen molar-refractivity contribution < 1.29 is 4.39 Å². The lowest BCUT2D eigenvalue weighted by Crippen LogP contribution is -2.38. The van der Waals surface area contributed by atoms with E-state index in [1.165, 1.54) is 11.2 Å². The van der Waals surface area contributed by atoms with Crippen LogP contribution in [-0.2, 0) is 6.54 Å². The molecule has 25 heavy (non-hydrogen) atoms. The van der Waals surface area contributed by atoms with Crippen molar-refractivity contribution in [3.8, 4) is 0 Å². The van der Waals surface area contributed by atoms with Crippen LogP contribution >= 0.6 is 11.3 Å². The van der Waals surface area contributed by atoms with Crippen LogP contribution in [-0.4, -0.2) is 62.4 Å². The zero-order chi connectivity index (χ0) is 17.4. The van der Waals surface area contributed by atoms with Crippen LogP contribution < -0.4 is 4.90 Å². The average molecular weight is 361 g/mol. The van der Waals surface area contributed by atoms with Gasteiger partial charge in [0.1, 0.15) is 18.3 Å². The lowest BCUT2D eigenvalue weighted by atomic mass is 10.2. The summed E-state index contributed by atoms with van der Waals surface area (Å²) < 4.78 is 14.1. The van der Waals surface area contributed by atoms with Crippen LogP contribution in [0.2, 0.25) is 0 Å². The molecule has 0 radical (unpaired) electrons. The molecule has 7 nitrogen and oxygen atoms in total. The molecule has 1 aliphatic heterocycles. The summed E-state index contributed by atoms with van der Waals surface area (Å²) in [5, 5.41) is 7.77. The minimum Gasteiger partial charge on any atom is -0.357 e. The number of rotatable bonds is 5. The van der Waals surface area contributed by atoms with Crippen molar-refractivity contribution >= 4 is 28.2 Å². The number of nitrogens with zero attached hydrogens (tertiary/aromatic N) is 6. The van der Waals surface area contributed by atoms with Gasteiger partial charge in [-0.2, -0.15) is 5.10 Å². The molecule has 0 amide bonds. The fourth-order valence-corrected chi connectivity index (χ4v) is 4.23. The highest BCUT2D eigenvalue weighted by molar-refractivity contribution is 7.09. The van der Waals surface area contributed by atoms with Crippen LogP contribution in [0.4, 0.5) is 10.2 Å². The maximum Gasteiger partial charge on any atom is 0.160 e. The molecule has 1 saturated heterocycles. The predicted octanol–water partition coefficient (Wildman–Crippen LogP) is 2.17. The lowest BCUT2D eigenvalue weighted by Gasteiger charge is -2.28. The monoisotopic (exact) mass is 361 g/mol. The first-order valence-electron chi connectivity index (χ1n) is 8.24. The van der Waals surface area contributed by atoms with Gasteiger partial charge in [-0.15, -0.1) is 11.3 Å². The van der Waals surface area contributed by atoms with Crippen LogP contribution in [0.3, 0.4) is 0 Å². The number of H-pyrrole nitrogens is 1. The number of fused-ring (bicyclic) bond motifs is 1. The van der Waals surface area contributed by atoms with Gasteiger partial charge in [0, 0.05) is 37.6 Å². The number of thiazole rings is 1. The highest BCUT2D eigenvalue weighted by Crippen LogP contribution is 2.27. The Kier molecular flexibility index (Phi) is 4.34. The zero-order valence-corrected chi connectivity index (χ0v) is 15.0. The highest BCUT2D eigenvalue weighted by Gasteiger charge is 2.33. The van der Waals surface area contributed by atoms with Gasteiger partial charge in [0.2, 0.25) is 0 Å². The summed E-state index contributed by atoms with van der Waals surface area (Å²) in [5.41, 5.74) is 3.60. The first-order chi connectivity index (χ1) is 12.1. The van der Waals surface area contributed by atoms with Gasteiger partial charge in [-0.25, -0.2) is 19.3 Å². The molecule has 0 spiro atoms. The highest BCUT2D eigenvalue weighted by atomic mass is 32.1. The molecule has 4 rings (SSSR count). The van der Waals surface area contributed by atoms with E-state index >= 15 is 0 Å². The molecule has 0 bridgehead atoms. The molecule has 9 heteroatoms. The van der Waals surface area contributed by atoms with E-state index in [1.54, 1.807) is 17.5 Å². The van der Waals surface area contributed by atoms with Crippen molar-refractivity contribution in [2.45, 2.75) is 32.1 Å². The van der Waals surface area contributed by atoms with E-state index in [4.69, 9.17) is 0 Å². The third-order valence-corrected chi connectivity index (χ3v) is 5.66. The molecule has 0 aromatic carbocycles. The number of anilines is 1. The van der Waals surface area contributed by atoms with E-state index in [0.29, 0.717) is 25.2 Å². The Morgan fingerprint density at radius 1 is 1.40 bits per heavy atom. The van der Waals surface area contributed by atoms with Gasteiger partial charge < -0.3 is 4.90 Å². The summed E-state index contributed by atoms with van der Waals surface area (Å²) in [4.78, 5) is 18.4. The van der Waals surface area contributed by atoms with Crippen molar-refractivity contribution in [1.29, 1.82) is 0 Å². The number of likely N-dealkylation sites (N-methyl/N-ethyl adjacent to an activating group) is 1. The van der Waals surface area contributed by atoms with E-state index in [1.807, 2.05) is 19.5 Å². The average Bonchev–Trinajstić information content (AvgIpc) is 3.29. The van der Waals surface area contributed by atoms with Crippen molar-refractivity contribution in [3.05, 3.63) is 28.6 Å². The van der Waals surface area contributed by atoms with E-state index in [0.717, 1.165) is 23.4 Å². The third-order valence-electron chi connectivity index (χ3n) is 4.74. The van der Waals surface area contributed by atoms with Crippen LogP contribution in [0.25, 0.3) is 11.0 Å². The molecule has 1 fully saturated rings. The van der Waals surface area contributed by atoms with Gasteiger partial charge in [-0.3, -0.25) is 10.00 Å². The van der Waals surface area contributed by atoms with E-state index in [2.05, 4.69) is 34.9 Å². The standard InChI is InChI=1S/C16H20FN7S/c1-10-14(25-9-20-10)7-24-5-11(17)3-12(24)6-23(2)16-13-4-21-22-15(13)18-8-19-16/h4,8-9,11-12H,3,5-7H2,1-2H3,(H,18,19,21,22)/t11-,12-/m0/s1. The Labute approximate surface area is 148 Å². The summed E-state index contributed by atoms with van der Waals surface area (Å²) in [6.45, 7) is 3.93. The molecule has 1 N–H and O–H groups in total. The van der Waals surface area contributed by atoms with Crippen LogP contribution in [0.5, 0.6) is 0 Å². The maximum absolute atomic E-state index is 14.1. The van der Waals surface area contributed by atoms with Gasteiger partial charge >= 0.3 is 0 Å². The first-order valence-corrected chi connectivity index (χ1v) is 9.12. The first kappa shape index (κ1) is 16.3. The fraction of sp³-hybridized carbons (Fsp3) is 0.500. The maximum atomic E-state index is 14.1. The lowest BCUT2D eigenvalue weighted by molar-refractivity contribution is 0.238. The van der Waals surface area contributed by atoms with E-state index < -0.39 is 6.17 Å². The van der Waals surface area contributed by atoms with Gasteiger partial charge in [0.05, 0.1) is 22.8 Å². The number of likely N-dealkylation sites (tertiary alicyclic amines) is 1. The number of aromatic amines is 1. The number of alkyl halides is 1. The van der Waals surface area contributed by atoms with Gasteiger partial charge in [-0.05, 0) is 13.3 Å². The minimum absolute atomic E-state index is 0.137. The Morgan fingerprint density at radius 2 is 2.28 bits per heavy atom. The number of hydrogen-bond donors (Lipinski definition) is 1. The third kappa shape index (κ3) is 3.21. The van der Waals surface area contributed by atoms with Gasteiger partial charge in [0.15, 0.2) is 5.65 Å². The molecule has 3 aromatic rings. The molecule has 1 aliphatic rings. The summed E-state index contributed by atoms with van der Waals surface area (Å²) >= 11 is 1.64. The number of halogens is 1. The molecular weight excluding hydrogens is 341 g/mol. The van der Waals surface area contributed by atoms with Crippen molar-refractivity contribution in [3.63, 3.8) is 0 Å². The second-order valence-electron chi connectivity index (χ2n) is 6.49. The number of hydrogen-bond acceptors (Lipinski definition) is 7. The normalized spacial score (nSPS) is 21.2. The number of aryl methyl sites for hydroxylation is 1. The van der Waals surface area contributed by atoms with E-state index in [-0.39, 0.29) is 6.04 Å². The molecule has 2 atom stereocenters. The summed E-state index contributed by atoms with van der Waals surface area (Å²) in [5.74, 6) is 0.815. The molecule has 132 valence electrons. The van der Waals surface area contributed by atoms with Crippen molar-refractivity contribution in [2.24, 2.45) is 0 Å². The summed E-state index contributed by atoms with van der Waals surface area (Å²) in [6, 6.07) is 0.137. The largest absolute Gasteiger partial charge is 0.357 e. The second-order valence-corrected chi connectivity index (χ2v) is 7.43. The number of aromatic nitrogens is 5. The quantitative estimate of drug-likeness (QED) is 0.751. The van der Waals surface area contributed by atoms with Crippen molar-refractivity contribution in [2.75, 3.05) is 25.0 Å². The summed E-state index contributed by atoms with van der Waals surface area (Å²) in [6.07, 6.45) is 3.01. The van der Waals surface area contributed by atoms with Crippen LogP contribution in [0, 0.1) is 6.92 Å². The molecular formula is C16H20FN7S. The van der Waals surface area contributed by atoms with Crippen molar-refractivity contribution in [1.82, 2.24) is 30.0 Å². The Hall–Kier alpha value is -2.13. The van der Waals surface area contributed by atoms with Gasteiger partial charge in [0.25, 0.3) is 0 Å². The molecule has 0 unspecified atom stereocenters. The molecule has 0 aliphatic carbocycles. The van der Waals surface area contributed by atoms with E-state index in [9.17, 15) is 4.39 Å². The van der Waals surface area contributed by atoms with Gasteiger partial charge in [-0.1, -0.05) is 0 Å². The molecule has 4 heterocycles. The zero-order valence-electron chi connectivity index (χ0n) is 14.2. The second kappa shape index (κ2) is 6.64. The Morgan fingerprint density at radius 3 is 3.08 bits per heavy atom. The number of nitrogens with one attached hydrogen (secondary N) is 1. The minimum atomic E-state index is -0.786. The predicted molar refractivity (Wildman–Crippen MR) is 95.5 cm³/mol. The molecule has 0 saturated carbocycles. The fourth-order valence-electron chi connectivity index (χ4n) is 3.43. The Balaban J connectivity index is 1.52. The smallest absolute Gasteiger partial charge is 0.160 e. The van der Waals surface area contributed by atoms with Crippen LogP contribution in [0.1, 0.15) is 17.0 Å².